The summed E-state index contributed by atoms with van der Waals surface area (Å²) in [5, 5.41) is -2.86. The Balaban J connectivity index is 3.46. The molecule has 104 valence electrons. The lowest BCUT2D eigenvalue weighted by Crippen LogP contribution is -2.57. The third-order valence-corrected chi connectivity index (χ3v) is 2.17. The van der Waals surface area contributed by atoms with Crippen LogP contribution < -0.4 is 0 Å². The highest BCUT2D eigenvalue weighted by molar-refractivity contribution is 5.82. The van der Waals surface area contributed by atoms with Gasteiger partial charge in [0.15, 0.2) is 0 Å². The lowest BCUT2D eigenvalue weighted by Gasteiger charge is -2.25. The first kappa shape index (κ1) is 14.7. The van der Waals surface area contributed by atoms with E-state index in [0.717, 1.165) is 0 Å². The van der Waals surface area contributed by atoms with Gasteiger partial charge in [0.25, 0.3) is 0 Å². The fourth-order valence-electron chi connectivity index (χ4n) is 1.20. The summed E-state index contributed by atoms with van der Waals surface area (Å²) in [4.78, 5) is 10.7. The average Bonchev–Trinajstić information content (AvgIpc) is 2.31. The van der Waals surface area contributed by atoms with Crippen LogP contribution >= 0.6 is 0 Å². The highest BCUT2D eigenvalue weighted by atomic mass is 19.4. The fourth-order valence-corrected chi connectivity index (χ4v) is 1.20. The van der Waals surface area contributed by atoms with Crippen molar-refractivity contribution in [2.24, 2.45) is 0 Å². The van der Waals surface area contributed by atoms with Gasteiger partial charge in [-0.3, -0.25) is 0 Å². The van der Waals surface area contributed by atoms with E-state index < -0.39 is 34.8 Å². The number of halogens is 8. The molecule has 0 N–H and O–H groups in total. The number of hydrogen-bond acceptors (Lipinski definition) is 3. The van der Waals surface area contributed by atoms with E-state index in [9.17, 15) is 40.0 Å². The Labute approximate surface area is 93.5 Å². The summed E-state index contributed by atoms with van der Waals surface area (Å²) < 4.78 is 105. The van der Waals surface area contributed by atoms with Gasteiger partial charge < -0.3 is 4.74 Å². The van der Waals surface area contributed by atoms with Crippen molar-refractivity contribution < 1.29 is 44.7 Å². The molecule has 0 aromatic carbocycles. The summed E-state index contributed by atoms with van der Waals surface area (Å²) in [7, 11) is 0. The van der Waals surface area contributed by atoms with Crippen LogP contribution in [-0.4, -0.2) is 34.8 Å². The molecule has 0 unspecified atom stereocenters. The molecule has 1 aliphatic rings. The molecule has 0 aromatic heterocycles. The van der Waals surface area contributed by atoms with E-state index in [-0.39, 0.29) is 6.26 Å². The maximum Gasteiger partial charge on any atom is 0.402 e. The van der Waals surface area contributed by atoms with Crippen molar-refractivity contribution in [2.45, 2.75) is 23.7 Å². The summed E-state index contributed by atoms with van der Waals surface area (Å²) in [5.41, 5.74) is 0. The molecule has 1 atom stereocenters. The fraction of sp³-hybridized carbons (Fsp3) is 0.571. The van der Waals surface area contributed by atoms with Crippen LogP contribution in [0.25, 0.3) is 0 Å². The van der Waals surface area contributed by atoms with E-state index in [1.807, 2.05) is 0 Å². The van der Waals surface area contributed by atoms with E-state index >= 15 is 0 Å². The highest BCUT2D eigenvalue weighted by Crippen LogP contribution is 2.62. The van der Waals surface area contributed by atoms with Crippen LogP contribution in [0.5, 0.6) is 0 Å². The molecule has 0 spiro atoms. The van der Waals surface area contributed by atoms with Gasteiger partial charge in [0.1, 0.15) is 0 Å². The van der Waals surface area contributed by atoms with E-state index in [1.165, 1.54) is 0 Å². The maximum atomic E-state index is 13.4. The molecule has 0 saturated carbocycles. The Hall–Kier alpha value is -1.39. The predicted octanol–water partition coefficient (Wildman–Crippen LogP) is 2.40. The van der Waals surface area contributed by atoms with Gasteiger partial charge in [-0.2, -0.15) is 26.3 Å². The number of ether oxygens (including phenoxy) is 1. The van der Waals surface area contributed by atoms with Crippen molar-refractivity contribution in [1.29, 1.82) is 0 Å². The van der Waals surface area contributed by atoms with E-state index in [1.54, 1.807) is 0 Å². The quantitative estimate of drug-likeness (QED) is 0.256. The zero-order valence-corrected chi connectivity index (χ0v) is 8.07. The van der Waals surface area contributed by atoms with Crippen LogP contribution in [-0.2, 0) is 9.53 Å². The summed E-state index contributed by atoms with van der Waals surface area (Å²) >= 11 is 0. The van der Waals surface area contributed by atoms with Crippen LogP contribution in [0.2, 0.25) is 0 Å². The molecule has 0 amide bonds. The second-order valence-corrected chi connectivity index (χ2v) is 3.16. The predicted molar refractivity (Wildman–Crippen MR) is 37.9 cm³/mol. The van der Waals surface area contributed by atoms with E-state index in [2.05, 4.69) is 11.3 Å². The normalized spacial score (nSPS) is 33.1. The standard InChI is InChI=1S/C7H3F8NO2/c1-2-18-3(17)4(8)5(9,10)6(11,12)7(13,14)16(4)15/h2H,1H2/t4-/m1/s1. The molecule has 0 radical (unpaired) electrons. The van der Waals surface area contributed by atoms with E-state index in [0.29, 0.717) is 0 Å². The second kappa shape index (κ2) is 3.56. The van der Waals surface area contributed by atoms with Gasteiger partial charge in [0, 0.05) is 0 Å². The molecule has 3 nitrogen and oxygen atoms in total. The third-order valence-electron chi connectivity index (χ3n) is 2.17. The van der Waals surface area contributed by atoms with Gasteiger partial charge >= 0.3 is 29.7 Å². The lowest BCUT2D eigenvalue weighted by atomic mass is 10.1. The molecular weight excluding hydrogens is 282 g/mol. The van der Waals surface area contributed by atoms with Crippen LogP contribution in [0.4, 0.5) is 35.2 Å². The second-order valence-electron chi connectivity index (χ2n) is 3.16. The molecule has 0 aromatic rings. The molecule has 1 aliphatic heterocycles. The zero-order chi connectivity index (χ0) is 14.6. The van der Waals surface area contributed by atoms with Gasteiger partial charge in [0.05, 0.1) is 6.26 Å². The number of nitrogens with zero attached hydrogens (tertiary/aromatic N) is 1. The van der Waals surface area contributed by atoms with Gasteiger partial charge in [-0.1, -0.05) is 6.58 Å². The molecular formula is C7H3F8NO2. The van der Waals surface area contributed by atoms with Gasteiger partial charge in [-0.25, -0.2) is 9.18 Å². The Morgan fingerprint density at radius 3 is 1.78 bits per heavy atom. The first-order chi connectivity index (χ1) is 7.89. The van der Waals surface area contributed by atoms with Crippen LogP contribution in [0.15, 0.2) is 12.8 Å². The van der Waals surface area contributed by atoms with Crippen molar-refractivity contribution in [2.75, 3.05) is 0 Å². The van der Waals surface area contributed by atoms with Crippen molar-refractivity contribution in [3.8, 4) is 0 Å². The van der Waals surface area contributed by atoms with Crippen LogP contribution in [0, 0.1) is 0 Å². The summed E-state index contributed by atoms with van der Waals surface area (Å²) in [6.07, 6.45) is -0.0117. The van der Waals surface area contributed by atoms with Crippen LogP contribution in [0.1, 0.15) is 0 Å². The largest absolute Gasteiger partial charge is 0.431 e. The monoisotopic (exact) mass is 285 g/mol. The van der Waals surface area contributed by atoms with Gasteiger partial charge in [0.2, 0.25) is 0 Å². The number of rotatable bonds is 2. The van der Waals surface area contributed by atoms with Gasteiger partial charge in [-0.05, 0) is 5.12 Å². The first-order valence-corrected chi connectivity index (χ1v) is 3.99. The maximum absolute atomic E-state index is 13.4. The lowest BCUT2D eigenvalue weighted by molar-refractivity contribution is -0.324. The molecule has 0 bridgehead atoms. The zero-order valence-electron chi connectivity index (χ0n) is 8.07. The van der Waals surface area contributed by atoms with Crippen molar-refractivity contribution in [1.82, 2.24) is 5.12 Å². The summed E-state index contributed by atoms with van der Waals surface area (Å²) in [5.74, 6) is -21.5. The Morgan fingerprint density at radius 2 is 1.50 bits per heavy atom. The number of carbonyl (C=O) groups is 1. The number of carbonyl (C=O) groups excluding carboxylic acids is 1. The van der Waals surface area contributed by atoms with Crippen LogP contribution in [0.3, 0.4) is 0 Å². The smallest absolute Gasteiger partial charge is 0.402 e. The van der Waals surface area contributed by atoms with Gasteiger partial charge in [-0.15, -0.1) is 4.48 Å². The SMILES string of the molecule is C=COC(=O)[C@@]1(F)N(F)C(F)(F)C(F)(F)C1(F)F. The van der Waals surface area contributed by atoms with Crippen molar-refractivity contribution in [3.05, 3.63) is 12.8 Å². The number of hydrogen-bond donors (Lipinski definition) is 0. The molecule has 11 heteroatoms. The van der Waals surface area contributed by atoms with Crippen molar-refractivity contribution >= 4 is 5.97 Å². The number of esters is 1. The average molecular weight is 285 g/mol. The minimum Gasteiger partial charge on any atom is -0.431 e. The molecule has 0 aliphatic carbocycles. The Bertz CT molecular complexity index is 397. The minimum absolute atomic E-state index is 0.0117. The van der Waals surface area contributed by atoms with E-state index in [4.69, 9.17) is 0 Å². The molecule has 1 rings (SSSR count). The summed E-state index contributed by atoms with van der Waals surface area (Å²) in [6.45, 7) is 2.58. The number of alkyl halides is 7. The first-order valence-electron chi connectivity index (χ1n) is 3.99. The molecule has 1 saturated heterocycles. The molecule has 1 fully saturated rings. The summed E-state index contributed by atoms with van der Waals surface area (Å²) in [6, 6.07) is -6.23. The third kappa shape index (κ3) is 1.25. The Morgan fingerprint density at radius 1 is 1.06 bits per heavy atom. The molecule has 18 heavy (non-hydrogen) atoms. The minimum atomic E-state index is -6.45. The molecule has 1 heterocycles. The van der Waals surface area contributed by atoms with Crippen molar-refractivity contribution in [3.63, 3.8) is 0 Å². The highest BCUT2D eigenvalue weighted by Gasteiger charge is 2.95. The Kier molecular flexibility index (Phi) is 2.90. The topological polar surface area (TPSA) is 29.5 Å².